The molecule has 0 unspecified atom stereocenters. The van der Waals surface area contributed by atoms with Crippen molar-refractivity contribution >= 4 is 40.6 Å². The molecule has 1 fully saturated rings. The van der Waals surface area contributed by atoms with Gasteiger partial charge in [0.25, 0.3) is 5.91 Å². The van der Waals surface area contributed by atoms with Gasteiger partial charge < -0.3 is 4.90 Å². The van der Waals surface area contributed by atoms with Crippen LogP contribution in [0.5, 0.6) is 0 Å². The average molecular weight is 395 g/mol. The zero-order chi connectivity index (χ0) is 18.0. The first kappa shape index (κ1) is 18.7. The quantitative estimate of drug-likeness (QED) is 0.627. The Labute approximate surface area is 162 Å². The lowest BCUT2D eigenvalue weighted by Gasteiger charge is -2.32. The standard InChI is InChI=1S/C19H23ClN2OS2/c1-12(2)17-11-25-18(21-17)13-5-4-8-22(10-13)19(23)15-9-14(24-3)6-7-16(15)20/h6-7,9,11-13H,4-5,8,10H2,1-3H3/t13-/m1/s1. The highest BCUT2D eigenvalue weighted by Crippen LogP contribution is 2.32. The Morgan fingerprint density at radius 1 is 1.44 bits per heavy atom. The van der Waals surface area contributed by atoms with Crippen molar-refractivity contribution in [3.63, 3.8) is 0 Å². The van der Waals surface area contributed by atoms with Crippen molar-refractivity contribution in [1.82, 2.24) is 9.88 Å². The van der Waals surface area contributed by atoms with Crippen LogP contribution in [-0.4, -0.2) is 35.1 Å². The Morgan fingerprint density at radius 2 is 2.24 bits per heavy atom. The van der Waals surface area contributed by atoms with Crippen molar-refractivity contribution in [3.05, 3.63) is 44.9 Å². The highest BCUT2D eigenvalue weighted by atomic mass is 35.5. The van der Waals surface area contributed by atoms with Gasteiger partial charge in [0.15, 0.2) is 0 Å². The van der Waals surface area contributed by atoms with Gasteiger partial charge in [-0.25, -0.2) is 4.98 Å². The van der Waals surface area contributed by atoms with Gasteiger partial charge in [0, 0.05) is 29.3 Å². The molecule has 3 rings (SSSR count). The van der Waals surface area contributed by atoms with E-state index in [2.05, 4.69) is 19.2 Å². The SMILES string of the molecule is CSc1ccc(Cl)c(C(=O)N2CCC[C@@H](c3nc(C(C)C)cs3)C2)c1. The number of hydrogen-bond donors (Lipinski definition) is 0. The fourth-order valence-corrected chi connectivity index (χ4v) is 4.83. The van der Waals surface area contributed by atoms with Crippen molar-refractivity contribution < 1.29 is 4.79 Å². The Bertz CT molecular complexity index is 760. The molecule has 0 spiro atoms. The molecule has 1 aliphatic rings. The van der Waals surface area contributed by atoms with Crippen molar-refractivity contribution in [1.29, 1.82) is 0 Å². The molecule has 0 N–H and O–H groups in total. The fraction of sp³-hybridized carbons (Fsp3) is 0.474. The summed E-state index contributed by atoms with van der Waals surface area (Å²) in [6, 6.07) is 5.67. The summed E-state index contributed by atoms with van der Waals surface area (Å²) in [4.78, 5) is 20.8. The maximum absolute atomic E-state index is 13.0. The number of thioether (sulfide) groups is 1. The van der Waals surface area contributed by atoms with Crippen molar-refractivity contribution in [2.24, 2.45) is 0 Å². The first-order valence-corrected chi connectivity index (χ1v) is 11.1. The van der Waals surface area contributed by atoms with E-state index in [1.165, 1.54) is 0 Å². The summed E-state index contributed by atoms with van der Waals surface area (Å²) in [7, 11) is 0. The van der Waals surface area contributed by atoms with E-state index < -0.39 is 0 Å². The number of thiazole rings is 1. The summed E-state index contributed by atoms with van der Waals surface area (Å²) >= 11 is 9.64. The summed E-state index contributed by atoms with van der Waals surface area (Å²) < 4.78 is 0. The highest BCUT2D eigenvalue weighted by Gasteiger charge is 2.28. The molecule has 0 saturated carbocycles. The summed E-state index contributed by atoms with van der Waals surface area (Å²) in [5, 5.41) is 3.84. The molecule has 0 radical (unpaired) electrons. The molecular formula is C19H23ClN2OS2. The molecule has 2 heterocycles. The van der Waals surface area contributed by atoms with E-state index in [1.54, 1.807) is 23.1 Å². The van der Waals surface area contributed by atoms with Crippen molar-refractivity contribution in [3.8, 4) is 0 Å². The first-order valence-electron chi connectivity index (χ1n) is 8.57. The van der Waals surface area contributed by atoms with Crippen LogP contribution in [0.4, 0.5) is 0 Å². The molecule has 2 aromatic rings. The number of hydrogen-bond acceptors (Lipinski definition) is 4. The van der Waals surface area contributed by atoms with Gasteiger partial charge >= 0.3 is 0 Å². The topological polar surface area (TPSA) is 33.2 Å². The van der Waals surface area contributed by atoms with Gasteiger partial charge in [-0.15, -0.1) is 23.1 Å². The Kier molecular flexibility index (Phi) is 6.08. The first-order chi connectivity index (χ1) is 12.0. The van der Waals surface area contributed by atoms with Crippen LogP contribution in [0.2, 0.25) is 5.02 Å². The van der Waals surface area contributed by atoms with Crippen LogP contribution >= 0.6 is 34.7 Å². The van der Waals surface area contributed by atoms with Crippen LogP contribution in [-0.2, 0) is 0 Å². The third-order valence-electron chi connectivity index (χ3n) is 4.59. The summed E-state index contributed by atoms with van der Waals surface area (Å²) in [5.41, 5.74) is 1.76. The second kappa shape index (κ2) is 8.11. The number of carbonyl (C=O) groups excluding carboxylic acids is 1. The lowest BCUT2D eigenvalue weighted by Crippen LogP contribution is -2.39. The number of nitrogens with zero attached hydrogens (tertiary/aromatic N) is 2. The second-order valence-electron chi connectivity index (χ2n) is 6.70. The summed E-state index contributed by atoms with van der Waals surface area (Å²) in [6.07, 6.45) is 4.10. The molecule has 1 aromatic heterocycles. The molecule has 1 aromatic carbocycles. The smallest absolute Gasteiger partial charge is 0.255 e. The largest absolute Gasteiger partial charge is 0.338 e. The molecule has 1 aliphatic heterocycles. The predicted octanol–water partition coefficient (Wildman–Crippen LogP) is 5.66. The number of benzene rings is 1. The van der Waals surface area contributed by atoms with Crippen LogP contribution in [0.25, 0.3) is 0 Å². The number of likely N-dealkylation sites (tertiary alicyclic amines) is 1. The number of rotatable bonds is 4. The molecule has 0 aliphatic carbocycles. The van der Waals surface area contributed by atoms with Crippen LogP contribution in [0, 0.1) is 0 Å². The van der Waals surface area contributed by atoms with Gasteiger partial charge in [-0.1, -0.05) is 25.4 Å². The third kappa shape index (κ3) is 4.21. The molecule has 3 nitrogen and oxygen atoms in total. The number of carbonyl (C=O) groups is 1. The lowest BCUT2D eigenvalue weighted by molar-refractivity contribution is 0.0707. The minimum atomic E-state index is 0.0336. The van der Waals surface area contributed by atoms with E-state index in [1.807, 2.05) is 29.4 Å². The predicted molar refractivity (Wildman–Crippen MR) is 107 cm³/mol. The van der Waals surface area contributed by atoms with E-state index in [0.717, 1.165) is 41.5 Å². The summed E-state index contributed by atoms with van der Waals surface area (Å²) in [6.45, 7) is 5.84. The van der Waals surface area contributed by atoms with Crippen molar-refractivity contribution in [2.45, 2.75) is 43.4 Å². The van der Waals surface area contributed by atoms with Gasteiger partial charge in [0.1, 0.15) is 0 Å². The molecule has 1 amide bonds. The van der Waals surface area contributed by atoms with E-state index >= 15 is 0 Å². The normalized spacial score (nSPS) is 18.0. The van der Waals surface area contributed by atoms with Crippen LogP contribution in [0.3, 0.4) is 0 Å². The Balaban J connectivity index is 1.77. The monoisotopic (exact) mass is 394 g/mol. The van der Waals surface area contributed by atoms with Gasteiger partial charge in [-0.2, -0.15) is 0 Å². The van der Waals surface area contributed by atoms with Crippen LogP contribution in [0.15, 0.2) is 28.5 Å². The lowest BCUT2D eigenvalue weighted by atomic mass is 9.98. The minimum Gasteiger partial charge on any atom is -0.338 e. The van der Waals surface area contributed by atoms with E-state index in [0.29, 0.717) is 22.4 Å². The fourth-order valence-electron chi connectivity index (χ4n) is 3.08. The van der Waals surface area contributed by atoms with Gasteiger partial charge in [-0.05, 0) is 43.2 Å². The van der Waals surface area contributed by atoms with Gasteiger partial charge in [-0.3, -0.25) is 4.79 Å². The number of halogens is 1. The molecule has 0 bridgehead atoms. The zero-order valence-electron chi connectivity index (χ0n) is 14.8. The van der Waals surface area contributed by atoms with Gasteiger partial charge in [0.2, 0.25) is 0 Å². The molecular weight excluding hydrogens is 372 g/mol. The zero-order valence-corrected chi connectivity index (χ0v) is 17.2. The second-order valence-corrected chi connectivity index (χ2v) is 8.88. The third-order valence-corrected chi connectivity index (χ3v) is 6.67. The highest BCUT2D eigenvalue weighted by molar-refractivity contribution is 7.98. The minimum absolute atomic E-state index is 0.0336. The molecule has 134 valence electrons. The van der Waals surface area contributed by atoms with Crippen molar-refractivity contribution in [2.75, 3.05) is 19.3 Å². The maximum atomic E-state index is 13.0. The van der Waals surface area contributed by atoms with E-state index in [-0.39, 0.29) is 5.91 Å². The number of piperidine rings is 1. The van der Waals surface area contributed by atoms with E-state index in [4.69, 9.17) is 16.6 Å². The number of amides is 1. The molecule has 1 atom stereocenters. The van der Waals surface area contributed by atoms with Crippen LogP contribution in [0.1, 0.15) is 59.6 Å². The van der Waals surface area contributed by atoms with Crippen LogP contribution < -0.4 is 0 Å². The summed E-state index contributed by atoms with van der Waals surface area (Å²) in [5.74, 6) is 0.809. The Morgan fingerprint density at radius 3 is 2.92 bits per heavy atom. The molecule has 6 heteroatoms. The van der Waals surface area contributed by atoms with Gasteiger partial charge in [0.05, 0.1) is 21.3 Å². The number of aromatic nitrogens is 1. The average Bonchev–Trinajstić information content (AvgIpc) is 3.12. The van der Waals surface area contributed by atoms with E-state index in [9.17, 15) is 4.79 Å². The molecule has 1 saturated heterocycles. The Hall–Kier alpha value is -1.04. The molecule has 25 heavy (non-hydrogen) atoms. The maximum Gasteiger partial charge on any atom is 0.255 e.